The smallest absolute Gasteiger partial charge is 0.191 e. The molecule has 0 aromatic heterocycles. The third-order valence-electron chi connectivity index (χ3n) is 4.45. The van der Waals surface area contributed by atoms with Crippen LogP contribution in [0, 0.1) is 5.41 Å². The van der Waals surface area contributed by atoms with Crippen molar-refractivity contribution in [3.05, 3.63) is 0 Å². The Kier molecular flexibility index (Phi) is 6.74. The van der Waals surface area contributed by atoms with Gasteiger partial charge in [-0.2, -0.15) is 0 Å². The van der Waals surface area contributed by atoms with Crippen LogP contribution in [-0.2, 0) is 0 Å². The van der Waals surface area contributed by atoms with Gasteiger partial charge in [-0.25, -0.2) is 0 Å². The van der Waals surface area contributed by atoms with Crippen LogP contribution in [0.5, 0.6) is 0 Å². The second-order valence-electron chi connectivity index (χ2n) is 5.83. The molecule has 0 unspecified atom stereocenters. The summed E-state index contributed by atoms with van der Waals surface area (Å²) < 4.78 is 0. The highest BCUT2D eigenvalue weighted by Crippen LogP contribution is 2.44. The van der Waals surface area contributed by atoms with Gasteiger partial charge in [0.1, 0.15) is 0 Å². The quantitative estimate of drug-likeness (QED) is 0.472. The number of hydrogen-bond acceptors (Lipinski definition) is 1. The molecule has 2 aliphatic rings. The molecular weight excluding hydrogens is 337 g/mol. The van der Waals surface area contributed by atoms with Crippen LogP contribution in [0.25, 0.3) is 0 Å². The van der Waals surface area contributed by atoms with E-state index in [1.807, 2.05) is 0 Å². The molecule has 1 saturated heterocycles. The van der Waals surface area contributed by atoms with Crippen molar-refractivity contribution >= 4 is 29.9 Å². The first kappa shape index (κ1) is 16.1. The van der Waals surface area contributed by atoms with Crippen molar-refractivity contribution < 1.29 is 0 Å². The molecule has 0 atom stereocenters. The molecule has 1 saturated carbocycles. The Bertz CT molecular complexity index is 268. The standard InChI is InChI=1S/C14H27N3.HI/c1-2-7-14(8-6-9-14)12-16-13(15)17-10-4-3-5-11-17;/h2-12H2,1H3,(H2,15,16);1H. The lowest BCUT2D eigenvalue weighted by Gasteiger charge is -2.41. The third-order valence-corrected chi connectivity index (χ3v) is 4.45. The number of aliphatic imine (C=N–C) groups is 1. The SMILES string of the molecule is CCCC1(CN=C(N)N2CCCCC2)CCC1.I. The van der Waals surface area contributed by atoms with Crippen LogP contribution in [-0.4, -0.2) is 30.5 Å². The predicted molar refractivity (Wildman–Crippen MR) is 88.5 cm³/mol. The Morgan fingerprint density at radius 2 is 1.83 bits per heavy atom. The molecular formula is C14H28IN3. The zero-order valence-electron chi connectivity index (χ0n) is 11.7. The van der Waals surface area contributed by atoms with Crippen LogP contribution in [0.3, 0.4) is 0 Å². The maximum absolute atomic E-state index is 6.11. The molecule has 0 aromatic rings. The van der Waals surface area contributed by atoms with Crippen molar-refractivity contribution in [2.45, 2.75) is 58.3 Å². The maximum Gasteiger partial charge on any atom is 0.191 e. The van der Waals surface area contributed by atoms with Crippen molar-refractivity contribution in [1.29, 1.82) is 0 Å². The fourth-order valence-electron chi connectivity index (χ4n) is 3.17. The summed E-state index contributed by atoms with van der Waals surface area (Å²) in [5.41, 5.74) is 6.62. The van der Waals surface area contributed by atoms with E-state index in [4.69, 9.17) is 5.73 Å². The fraction of sp³-hybridized carbons (Fsp3) is 0.929. The molecule has 2 fully saturated rings. The fourth-order valence-corrected chi connectivity index (χ4v) is 3.17. The number of guanidine groups is 1. The van der Waals surface area contributed by atoms with Gasteiger partial charge in [-0.05, 0) is 43.9 Å². The summed E-state index contributed by atoms with van der Waals surface area (Å²) in [5.74, 6) is 0.798. The summed E-state index contributed by atoms with van der Waals surface area (Å²) >= 11 is 0. The topological polar surface area (TPSA) is 41.6 Å². The van der Waals surface area contributed by atoms with Crippen molar-refractivity contribution in [2.24, 2.45) is 16.1 Å². The molecule has 4 heteroatoms. The Hall–Kier alpha value is 0. The van der Waals surface area contributed by atoms with E-state index < -0.39 is 0 Å². The monoisotopic (exact) mass is 365 g/mol. The lowest BCUT2D eigenvalue weighted by molar-refractivity contribution is 0.129. The van der Waals surface area contributed by atoms with Gasteiger partial charge >= 0.3 is 0 Å². The second kappa shape index (κ2) is 7.56. The molecule has 18 heavy (non-hydrogen) atoms. The lowest BCUT2D eigenvalue weighted by atomic mass is 9.66. The first-order valence-electron chi connectivity index (χ1n) is 7.31. The van der Waals surface area contributed by atoms with E-state index in [9.17, 15) is 0 Å². The number of halogens is 1. The first-order valence-corrected chi connectivity index (χ1v) is 7.31. The summed E-state index contributed by atoms with van der Waals surface area (Å²) in [7, 11) is 0. The molecule has 3 nitrogen and oxygen atoms in total. The highest BCUT2D eigenvalue weighted by atomic mass is 127. The molecule has 106 valence electrons. The average molecular weight is 365 g/mol. The van der Waals surface area contributed by atoms with E-state index in [1.54, 1.807) is 0 Å². The van der Waals surface area contributed by atoms with Crippen molar-refractivity contribution in [1.82, 2.24) is 4.90 Å². The van der Waals surface area contributed by atoms with Gasteiger partial charge in [-0.1, -0.05) is 19.8 Å². The van der Waals surface area contributed by atoms with Crippen molar-refractivity contribution in [3.63, 3.8) is 0 Å². The van der Waals surface area contributed by atoms with Gasteiger partial charge in [0.15, 0.2) is 5.96 Å². The number of rotatable bonds is 4. The number of hydrogen-bond donors (Lipinski definition) is 1. The van der Waals surface area contributed by atoms with Crippen LogP contribution >= 0.6 is 24.0 Å². The molecule has 0 amide bonds. The highest BCUT2D eigenvalue weighted by Gasteiger charge is 2.35. The van der Waals surface area contributed by atoms with Gasteiger partial charge in [0, 0.05) is 19.6 Å². The number of piperidine rings is 1. The van der Waals surface area contributed by atoms with Gasteiger partial charge in [0.05, 0.1) is 0 Å². The normalized spacial score (nSPS) is 23.2. The summed E-state index contributed by atoms with van der Waals surface area (Å²) in [5, 5.41) is 0. The summed E-state index contributed by atoms with van der Waals surface area (Å²) in [6.45, 7) is 5.45. The molecule has 0 bridgehead atoms. The molecule has 1 aliphatic carbocycles. The van der Waals surface area contributed by atoms with Crippen LogP contribution in [0.4, 0.5) is 0 Å². The Morgan fingerprint density at radius 3 is 2.33 bits per heavy atom. The predicted octanol–water partition coefficient (Wildman–Crippen LogP) is 3.38. The van der Waals surface area contributed by atoms with Gasteiger partial charge < -0.3 is 10.6 Å². The van der Waals surface area contributed by atoms with Gasteiger partial charge in [-0.3, -0.25) is 4.99 Å². The van der Waals surface area contributed by atoms with Crippen LogP contribution in [0.15, 0.2) is 4.99 Å². The molecule has 0 radical (unpaired) electrons. The average Bonchev–Trinajstić information content (AvgIpc) is 2.33. The zero-order chi connectivity index (χ0) is 12.1. The zero-order valence-corrected chi connectivity index (χ0v) is 14.0. The Balaban J connectivity index is 0.00000162. The minimum absolute atomic E-state index is 0. The van der Waals surface area contributed by atoms with Crippen molar-refractivity contribution in [3.8, 4) is 0 Å². The maximum atomic E-state index is 6.11. The van der Waals surface area contributed by atoms with Crippen LogP contribution in [0.2, 0.25) is 0 Å². The van der Waals surface area contributed by atoms with Gasteiger partial charge in [0.2, 0.25) is 0 Å². The Morgan fingerprint density at radius 1 is 1.17 bits per heavy atom. The van der Waals surface area contributed by atoms with Crippen molar-refractivity contribution in [2.75, 3.05) is 19.6 Å². The highest BCUT2D eigenvalue weighted by molar-refractivity contribution is 14.0. The van der Waals surface area contributed by atoms with Crippen LogP contribution < -0.4 is 5.73 Å². The number of likely N-dealkylation sites (tertiary alicyclic amines) is 1. The van der Waals surface area contributed by atoms with E-state index in [-0.39, 0.29) is 24.0 Å². The lowest BCUT2D eigenvalue weighted by Crippen LogP contribution is -2.42. The molecule has 2 rings (SSSR count). The van der Waals surface area contributed by atoms with Crippen LogP contribution in [0.1, 0.15) is 58.3 Å². The second-order valence-corrected chi connectivity index (χ2v) is 5.83. The van der Waals surface area contributed by atoms with E-state index in [0.717, 1.165) is 25.6 Å². The largest absolute Gasteiger partial charge is 0.370 e. The molecule has 1 aliphatic heterocycles. The van der Waals surface area contributed by atoms with E-state index in [1.165, 1.54) is 51.4 Å². The van der Waals surface area contributed by atoms with Gasteiger partial charge in [-0.15, -0.1) is 24.0 Å². The number of nitrogens with two attached hydrogens (primary N) is 1. The molecule has 0 spiro atoms. The minimum atomic E-state index is 0. The molecule has 1 heterocycles. The van der Waals surface area contributed by atoms with E-state index >= 15 is 0 Å². The first-order chi connectivity index (χ1) is 8.26. The summed E-state index contributed by atoms with van der Waals surface area (Å²) in [6, 6.07) is 0. The summed E-state index contributed by atoms with van der Waals surface area (Å²) in [4.78, 5) is 6.95. The summed E-state index contributed by atoms with van der Waals surface area (Å²) in [6.07, 6.45) is 10.6. The van der Waals surface area contributed by atoms with Gasteiger partial charge in [0.25, 0.3) is 0 Å². The van der Waals surface area contributed by atoms with E-state index in [2.05, 4.69) is 16.8 Å². The van der Waals surface area contributed by atoms with E-state index in [0.29, 0.717) is 5.41 Å². The third kappa shape index (κ3) is 4.00. The Labute approximate surface area is 129 Å². The molecule has 0 aromatic carbocycles. The minimum Gasteiger partial charge on any atom is -0.370 e. The molecule has 2 N–H and O–H groups in total. The number of nitrogens with zero attached hydrogens (tertiary/aromatic N) is 2.